The van der Waals surface area contributed by atoms with Crippen LogP contribution < -0.4 is 4.74 Å². The van der Waals surface area contributed by atoms with Crippen LogP contribution in [0.2, 0.25) is 0 Å². The first-order valence-electron chi connectivity index (χ1n) is 8.60. The number of imide groups is 1. The summed E-state index contributed by atoms with van der Waals surface area (Å²) in [6, 6.07) is 15.7. The molecule has 0 aliphatic carbocycles. The van der Waals surface area contributed by atoms with Gasteiger partial charge in [0, 0.05) is 0 Å². The highest BCUT2D eigenvalue weighted by atomic mass is 32.2. The Labute approximate surface area is 157 Å². The topological polar surface area (TPSA) is 46.6 Å². The van der Waals surface area contributed by atoms with Crippen LogP contribution in [-0.2, 0) is 11.2 Å². The molecule has 0 saturated carbocycles. The smallest absolute Gasteiger partial charge is 0.293 e. The lowest BCUT2D eigenvalue weighted by molar-refractivity contribution is -0.123. The van der Waals surface area contributed by atoms with Crippen molar-refractivity contribution in [3.05, 3.63) is 70.1 Å². The fraction of sp³-hybridized carbons (Fsp3) is 0.238. The van der Waals surface area contributed by atoms with Gasteiger partial charge in [-0.1, -0.05) is 43.3 Å². The van der Waals surface area contributed by atoms with E-state index in [-0.39, 0.29) is 24.3 Å². The van der Waals surface area contributed by atoms with E-state index < -0.39 is 0 Å². The second-order valence-electron chi connectivity index (χ2n) is 6.09. The summed E-state index contributed by atoms with van der Waals surface area (Å²) >= 11 is 0.978. The molecule has 0 aromatic heterocycles. The van der Waals surface area contributed by atoms with Crippen molar-refractivity contribution in [2.45, 2.75) is 20.3 Å². The van der Waals surface area contributed by atoms with Crippen LogP contribution in [-0.4, -0.2) is 29.2 Å². The number of thioether (sulfide) groups is 1. The molecule has 0 unspecified atom stereocenters. The monoisotopic (exact) mass is 367 g/mol. The second kappa shape index (κ2) is 8.23. The zero-order valence-corrected chi connectivity index (χ0v) is 15.7. The van der Waals surface area contributed by atoms with E-state index in [1.54, 1.807) is 6.08 Å². The molecule has 0 radical (unpaired) electrons. The van der Waals surface area contributed by atoms with Crippen LogP contribution >= 0.6 is 11.8 Å². The number of aryl methyl sites for hydroxylation is 2. The Bertz CT molecular complexity index is 843. The minimum absolute atomic E-state index is 0.241. The van der Waals surface area contributed by atoms with Gasteiger partial charge in [-0.3, -0.25) is 14.5 Å². The van der Waals surface area contributed by atoms with Gasteiger partial charge in [0.2, 0.25) is 0 Å². The predicted molar refractivity (Wildman–Crippen MR) is 105 cm³/mol. The van der Waals surface area contributed by atoms with Gasteiger partial charge in [-0.05, 0) is 60.0 Å². The van der Waals surface area contributed by atoms with E-state index in [0.717, 1.165) is 35.1 Å². The van der Waals surface area contributed by atoms with Crippen molar-refractivity contribution in [1.82, 2.24) is 4.90 Å². The molecule has 1 heterocycles. The summed E-state index contributed by atoms with van der Waals surface area (Å²) < 4.78 is 5.65. The quantitative estimate of drug-likeness (QED) is 0.696. The molecule has 1 fully saturated rings. The number of benzene rings is 2. The maximum Gasteiger partial charge on any atom is 0.293 e. The summed E-state index contributed by atoms with van der Waals surface area (Å²) in [6.07, 6.45) is 2.74. The van der Waals surface area contributed by atoms with Crippen LogP contribution in [0.1, 0.15) is 23.6 Å². The molecule has 4 nitrogen and oxygen atoms in total. The summed E-state index contributed by atoms with van der Waals surface area (Å²) in [5.74, 6) is 0.482. The molecule has 0 bridgehead atoms. The second-order valence-corrected chi connectivity index (χ2v) is 7.09. The number of hydrogen-bond donors (Lipinski definition) is 0. The first-order valence-corrected chi connectivity index (χ1v) is 9.42. The van der Waals surface area contributed by atoms with Gasteiger partial charge in [0.05, 0.1) is 11.4 Å². The number of carbonyl (C=O) groups is 2. The third kappa shape index (κ3) is 4.35. The highest BCUT2D eigenvalue weighted by Gasteiger charge is 2.34. The fourth-order valence-corrected chi connectivity index (χ4v) is 3.52. The Hall–Kier alpha value is -2.53. The molecule has 3 rings (SSSR count). The zero-order valence-electron chi connectivity index (χ0n) is 14.9. The Morgan fingerprint density at radius 2 is 1.88 bits per heavy atom. The maximum absolute atomic E-state index is 12.5. The highest BCUT2D eigenvalue weighted by Crippen LogP contribution is 2.32. The molecule has 2 aromatic rings. The molecule has 0 spiro atoms. The van der Waals surface area contributed by atoms with Crippen LogP contribution in [0, 0.1) is 6.92 Å². The molecule has 5 heteroatoms. The van der Waals surface area contributed by atoms with Crippen LogP contribution in [0.4, 0.5) is 4.79 Å². The standard InChI is InChI=1S/C21H21NO3S/c1-3-16-7-9-17(10-8-16)14-19-20(23)22(21(24)26-19)11-12-25-18-6-4-5-15(2)13-18/h4-10,13-14H,3,11-12H2,1-2H3/b19-14-. The minimum atomic E-state index is -0.257. The predicted octanol–water partition coefficient (Wildman–Crippen LogP) is 4.67. The van der Waals surface area contributed by atoms with E-state index in [1.807, 2.05) is 55.5 Å². The van der Waals surface area contributed by atoms with Crippen molar-refractivity contribution >= 4 is 29.0 Å². The van der Waals surface area contributed by atoms with Gasteiger partial charge in [-0.15, -0.1) is 0 Å². The Balaban J connectivity index is 1.61. The van der Waals surface area contributed by atoms with Crippen LogP contribution in [0.15, 0.2) is 53.4 Å². The van der Waals surface area contributed by atoms with Crippen molar-refractivity contribution in [1.29, 1.82) is 0 Å². The average Bonchev–Trinajstić information content (AvgIpc) is 2.90. The summed E-state index contributed by atoms with van der Waals surface area (Å²) in [5, 5.41) is -0.251. The first-order chi connectivity index (χ1) is 12.6. The summed E-state index contributed by atoms with van der Waals surface area (Å²) in [6.45, 7) is 4.60. The number of ether oxygens (including phenoxy) is 1. The highest BCUT2D eigenvalue weighted by molar-refractivity contribution is 8.18. The lowest BCUT2D eigenvalue weighted by Crippen LogP contribution is -2.32. The number of nitrogens with zero attached hydrogens (tertiary/aromatic N) is 1. The number of carbonyl (C=O) groups excluding carboxylic acids is 2. The molecule has 2 aromatic carbocycles. The van der Waals surface area contributed by atoms with Crippen LogP contribution in [0.3, 0.4) is 0 Å². The van der Waals surface area contributed by atoms with Crippen molar-refractivity contribution in [2.75, 3.05) is 13.2 Å². The van der Waals surface area contributed by atoms with E-state index in [4.69, 9.17) is 4.74 Å². The van der Waals surface area contributed by atoms with E-state index in [0.29, 0.717) is 4.91 Å². The summed E-state index contributed by atoms with van der Waals surface area (Å²) in [7, 11) is 0. The van der Waals surface area contributed by atoms with Gasteiger partial charge in [0.1, 0.15) is 12.4 Å². The Morgan fingerprint density at radius 3 is 2.58 bits per heavy atom. The largest absolute Gasteiger partial charge is 0.492 e. The van der Waals surface area contributed by atoms with E-state index in [1.165, 1.54) is 10.5 Å². The molecule has 2 amide bonds. The Kier molecular flexibility index (Phi) is 5.78. The number of hydrogen-bond acceptors (Lipinski definition) is 4. The SMILES string of the molecule is CCc1ccc(/C=C2\SC(=O)N(CCOc3cccc(C)c3)C2=O)cc1. The fourth-order valence-electron chi connectivity index (χ4n) is 2.65. The van der Waals surface area contributed by atoms with Gasteiger partial charge < -0.3 is 4.74 Å². The van der Waals surface area contributed by atoms with Crippen molar-refractivity contribution < 1.29 is 14.3 Å². The van der Waals surface area contributed by atoms with Crippen molar-refractivity contribution in [3.63, 3.8) is 0 Å². The molecule has 1 aliphatic heterocycles. The van der Waals surface area contributed by atoms with E-state index in [2.05, 4.69) is 6.92 Å². The zero-order chi connectivity index (χ0) is 18.5. The van der Waals surface area contributed by atoms with Crippen LogP contribution in [0.5, 0.6) is 5.75 Å². The number of rotatable bonds is 6. The molecular weight excluding hydrogens is 346 g/mol. The van der Waals surface area contributed by atoms with Gasteiger partial charge >= 0.3 is 0 Å². The maximum atomic E-state index is 12.5. The summed E-state index contributed by atoms with van der Waals surface area (Å²) in [5.41, 5.74) is 3.26. The van der Waals surface area contributed by atoms with Crippen molar-refractivity contribution in [2.24, 2.45) is 0 Å². The van der Waals surface area contributed by atoms with Crippen LogP contribution in [0.25, 0.3) is 6.08 Å². The van der Waals surface area contributed by atoms with Gasteiger partial charge in [0.25, 0.3) is 11.1 Å². The van der Waals surface area contributed by atoms with Gasteiger partial charge in [-0.2, -0.15) is 0 Å². The normalized spacial score (nSPS) is 15.8. The third-order valence-electron chi connectivity index (χ3n) is 4.13. The lowest BCUT2D eigenvalue weighted by atomic mass is 10.1. The third-order valence-corrected chi connectivity index (χ3v) is 5.04. The minimum Gasteiger partial charge on any atom is -0.492 e. The number of amides is 2. The van der Waals surface area contributed by atoms with Gasteiger partial charge in [-0.25, -0.2) is 0 Å². The lowest BCUT2D eigenvalue weighted by Gasteiger charge is -2.13. The molecule has 134 valence electrons. The Morgan fingerprint density at radius 1 is 1.12 bits per heavy atom. The molecule has 1 aliphatic rings. The first kappa shape index (κ1) is 18.3. The molecule has 1 saturated heterocycles. The van der Waals surface area contributed by atoms with E-state index >= 15 is 0 Å². The summed E-state index contributed by atoms with van der Waals surface area (Å²) in [4.78, 5) is 26.4. The van der Waals surface area contributed by atoms with Gasteiger partial charge in [0.15, 0.2) is 0 Å². The average molecular weight is 367 g/mol. The van der Waals surface area contributed by atoms with E-state index in [9.17, 15) is 9.59 Å². The van der Waals surface area contributed by atoms with Crippen molar-refractivity contribution in [3.8, 4) is 5.75 Å². The molecule has 0 N–H and O–H groups in total. The molecule has 26 heavy (non-hydrogen) atoms. The molecular formula is C21H21NO3S. The molecule has 0 atom stereocenters.